The van der Waals surface area contributed by atoms with Gasteiger partial charge >= 0.3 is 5.97 Å². The smallest absolute Gasteiger partial charge is 0.341 e. The Labute approximate surface area is 246 Å². The van der Waals surface area contributed by atoms with Gasteiger partial charge in [0.2, 0.25) is 5.91 Å². The molecule has 1 N–H and O–H groups in total. The minimum absolute atomic E-state index is 0.126. The van der Waals surface area contributed by atoms with Crippen LogP contribution >= 0.6 is 23.1 Å². The standard InChI is InChI=1S/C31H29N5O3S2/c1-36-28(22-17-24(19-11-5-3-6-12-19)32-23-15-10-9-13-20(22)23)34-35-31(36)40-18-26(37)33-29-27(30(38)39-2)21-14-7-4-8-16-25(21)41-29/h3,5-6,9-13,15,17H,4,7-8,14,16,18H2,1-2H3,(H,33,37). The maximum Gasteiger partial charge on any atom is 0.341 e. The topological polar surface area (TPSA) is 99.0 Å². The van der Waals surface area contributed by atoms with Crippen molar-refractivity contribution in [3.05, 3.63) is 76.7 Å². The first-order chi connectivity index (χ1) is 20.0. The van der Waals surface area contributed by atoms with Gasteiger partial charge in [-0.1, -0.05) is 66.7 Å². The molecule has 0 aliphatic heterocycles. The molecule has 0 spiro atoms. The van der Waals surface area contributed by atoms with Crippen molar-refractivity contribution < 1.29 is 14.3 Å². The minimum Gasteiger partial charge on any atom is -0.465 e. The maximum absolute atomic E-state index is 13.1. The number of methoxy groups -OCH3 is 1. The molecular weight excluding hydrogens is 555 g/mol. The molecule has 6 rings (SSSR count). The van der Waals surface area contributed by atoms with Crippen LogP contribution in [-0.4, -0.2) is 44.5 Å². The van der Waals surface area contributed by atoms with Gasteiger partial charge in [-0.05, 0) is 43.4 Å². The van der Waals surface area contributed by atoms with Crippen molar-refractivity contribution in [2.75, 3.05) is 18.2 Å². The van der Waals surface area contributed by atoms with E-state index in [0.29, 0.717) is 21.5 Å². The molecule has 0 saturated carbocycles. The van der Waals surface area contributed by atoms with Crippen LogP contribution in [0.3, 0.4) is 0 Å². The molecule has 0 atom stereocenters. The number of nitrogens with zero attached hydrogens (tertiary/aromatic N) is 4. The van der Waals surface area contributed by atoms with Crippen molar-refractivity contribution in [2.45, 2.75) is 37.3 Å². The van der Waals surface area contributed by atoms with E-state index in [9.17, 15) is 9.59 Å². The number of pyridine rings is 1. The quantitative estimate of drug-likeness (QED) is 0.132. The lowest BCUT2D eigenvalue weighted by Crippen LogP contribution is -2.16. The molecule has 8 nitrogen and oxygen atoms in total. The number of para-hydroxylation sites is 1. The number of aromatic nitrogens is 4. The molecule has 0 bridgehead atoms. The highest BCUT2D eigenvalue weighted by molar-refractivity contribution is 7.99. The number of carbonyl (C=O) groups is 2. The number of hydrogen-bond acceptors (Lipinski definition) is 8. The molecule has 0 radical (unpaired) electrons. The van der Waals surface area contributed by atoms with Gasteiger partial charge in [0.15, 0.2) is 11.0 Å². The zero-order valence-electron chi connectivity index (χ0n) is 22.8. The Morgan fingerprint density at radius 3 is 2.63 bits per heavy atom. The number of esters is 1. The molecule has 0 fully saturated rings. The molecule has 10 heteroatoms. The summed E-state index contributed by atoms with van der Waals surface area (Å²) in [5.41, 5.74) is 5.20. The van der Waals surface area contributed by atoms with Gasteiger partial charge in [-0.3, -0.25) is 4.79 Å². The predicted octanol–water partition coefficient (Wildman–Crippen LogP) is 6.55. The Bertz CT molecular complexity index is 1750. The average Bonchev–Trinajstić information content (AvgIpc) is 3.44. The second-order valence-electron chi connectivity index (χ2n) is 9.90. The molecule has 0 saturated heterocycles. The number of thioether (sulfide) groups is 1. The van der Waals surface area contributed by atoms with Crippen LogP contribution < -0.4 is 5.32 Å². The van der Waals surface area contributed by atoms with Crippen molar-refractivity contribution in [2.24, 2.45) is 7.05 Å². The number of nitrogens with one attached hydrogen (secondary N) is 1. The second kappa shape index (κ2) is 11.8. The Hall–Kier alpha value is -4.02. The molecule has 3 aromatic heterocycles. The van der Waals surface area contributed by atoms with E-state index in [0.717, 1.165) is 65.4 Å². The van der Waals surface area contributed by atoms with Crippen molar-refractivity contribution in [1.29, 1.82) is 0 Å². The third-order valence-electron chi connectivity index (χ3n) is 7.26. The lowest BCUT2D eigenvalue weighted by Gasteiger charge is -2.10. The van der Waals surface area contributed by atoms with Crippen LogP contribution in [0.2, 0.25) is 0 Å². The summed E-state index contributed by atoms with van der Waals surface area (Å²) in [6, 6.07) is 20.1. The van der Waals surface area contributed by atoms with Crippen LogP contribution in [0.1, 0.15) is 40.1 Å². The molecule has 208 valence electrons. The summed E-state index contributed by atoms with van der Waals surface area (Å²) in [6.45, 7) is 0. The Balaban J connectivity index is 1.24. The Morgan fingerprint density at radius 1 is 1.02 bits per heavy atom. The van der Waals surface area contributed by atoms with Gasteiger partial charge < -0.3 is 14.6 Å². The van der Waals surface area contributed by atoms with Crippen LogP contribution in [0.5, 0.6) is 0 Å². The van der Waals surface area contributed by atoms with Gasteiger partial charge in [0.25, 0.3) is 0 Å². The van der Waals surface area contributed by atoms with E-state index >= 15 is 0 Å². The number of hydrogen-bond donors (Lipinski definition) is 1. The van der Waals surface area contributed by atoms with Crippen molar-refractivity contribution in [1.82, 2.24) is 19.7 Å². The number of thiophene rings is 1. The highest BCUT2D eigenvalue weighted by atomic mass is 32.2. The van der Waals surface area contributed by atoms with Gasteiger partial charge in [0.1, 0.15) is 5.00 Å². The summed E-state index contributed by atoms with van der Waals surface area (Å²) < 4.78 is 6.97. The molecule has 0 unspecified atom stereocenters. The summed E-state index contributed by atoms with van der Waals surface area (Å²) in [7, 11) is 3.28. The number of benzene rings is 2. The van der Waals surface area contributed by atoms with Gasteiger partial charge in [-0.2, -0.15) is 0 Å². The molecule has 1 aliphatic rings. The van der Waals surface area contributed by atoms with E-state index in [2.05, 4.69) is 15.5 Å². The summed E-state index contributed by atoms with van der Waals surface area (Å²) in [4.78, 5) is 31.7. The summed E-state index contributed by atoms with van der Waals surface area (Å²) >= 11 is 2.80. The number of rotatable bonds is 7. The molecular formula is C31H29N5O3S2. The first-order valence-corrected chi connectivity index (χ1v) is 15.3. The second-order valence-corrected chi connectivity index (χ2v) is 11.9. The monoisotopic (exact) mass is 583 g/mol. The van der Waals surface area contributed by atoms with Crippen LogP contribution in [-0.2, 0) is 29.4 Å². The van der Waals surface area contributed by atoms with Crippen molar-refractivity contribution >= 4 is 50.9 Å². The lowest BCUT2D eigenvalue weighted by molar-refractivity contribution is -0.113. The number of fused-ring (bicyclic) bond motifs is 2. The van der Waals surface area contributed by atoms with Gasteiger partial charge in [0.05, 0.1) is 29.6 Å². The van der Waals surface area contributed by atoms with Crippen molar-refractivity contribution in [3.8, 4) is 22.6 Å². The number of anilines is 1. The summed E-state index contributed by atoms with van der Waals surface area (Å²) in [5, 5.41) is 14.1. The van der Waals surface area contributed by atoms with E-state index < -0.39 is 5.97 Å². The van der Waals surface area contributed by atoms with Crippen LogP contribution in [0.25, 0.3) is 33.5 Å². The summed E-state index contributed by atoms with van der Waals surface area (Å²) in [5.74, 6) is 0.215. The van der Waals surface area contributed by atoms with Gasteiger partial charge in [-0.25, -0.2) is 9.78 Å². The fraction of sp³-hybridized carbons (Fsp3) is 0.258. The average molecular weight is 584 g/mol. The third kappa shape index (κ3) is 5.49. The fourth-order valence-corrected chi connectivity index (χ4v) is 7.24. The molecule has 2 aromatic carbocycles. The van der Waals surface area contributed by atoms with E-state index in [1.54, 1.807) is 0 Å². The normalized spacial score (nSPS) is 13.0. The highest BCUT2D eigenvalue weighted by Gasteiger charge is 2.26. The van der Waals surface area contributed by atoms with E-state index in [4.69, 9.17) is 9.72 Å². The largest absolute Gasteiger partial charge is 0.465 e. The predicted molar refractivity (Wildman–Crippen MR) is 163 cm³/mol. The van der Waals surface area contributed by atoms with Crippen LogP contribution in [0, 0.1) is 0 Å². The first kappa shape index (κ1) is 27.2. The third-order valence-corrected chi connectivity index (χ3v) is 9.49. The first-order valence-electron chi connectivity index (χ1n) is 13.5. The molecule has 1 amide bonds. The van der Waals surface area contributed by atoms with Crippen molar-refractivity contribution in [3.63, 3.8) is 0 Å². The number of aryl methyl sites for hydroxylation is 1. The molecule has 1 aliphatic carbocycles. The van der Waals surface area contributed by atoms with Gasteiger partial charge in [-0.15, -0.1) is 21.5 Å². The van der Waals surface area contributed by atoms with Gasteiger partial charge in [0, 0.05) is 28.4 Å². The van der Waals surface area contributed by atoms with E-state index in [-0.39, 0.29) is 11.7 Å². The zero-order valence-corrected chi connectivity index (χ0v) is 24.5. The minimum atomic E-state index is -0.398. The molecule has 5 aromatic rings. The van der Waals surface area contributed by atoms with Crippen LogP contribution in [0.4, 0.5) is 5.00 Å². The molecule has 3 heterocycles. The highest BCUT2D eigenvalue weighted by Crippen LogP contribution is 2.38. The maximum atomic E-state index is 13.1. The fourth-order valence-electron chi connectivity index (χ4n) is 5.23. The SMILES string of the molecule is COC(=O)c1c(NC(=O)CSc2nnc(-c3cc(-c4ccccc4)nc4ccccc34)n2C)sc2c1CCCCC2. The number of ether oxygens (including phenoxy) is 1. The van der Waals surface area contributed by atoms with Crippen LogP contribution in [0.15, 0.2) is 65.8 Å². The zero-order chi connectivity index (χ0) is 28.3. The van der Waals surface area contributed by atoms with E-state index in [1.165, 1.54) is 35.1 Å². The number of amides is 1. The lowest BCUT2D eigenvalue weighted by atomic mass is 10.0. The Kier molecular flexibility index (Phi) is 7.84. The molecule has 41 heavy (non-hydrogen) atoms. The Morgan fingerprint density at radius 2 is 1.80 bits per heavy atom. The summed E-state index contributed by atoms with van der Waals surface area (Å²) in [6.07, 6.45) is 5.02. The van der Waals surface area contributed by atoms with E-state index in [1.807, 2.05) is 72.3 Å². The number of carbonyl (C=O) groups excluding carboxylic acids is 2.